The predicted molar refractivity (Wildman–Crippen MR) is 124 cm³/mol. The molecular weight excluding hydrogens is 430 g/mol. The highest BCUT2D eigenvalue weighted by atomic mass is 35.5. The minimum atomic E-state index is -0.148. The van der Waals surface area contributed by atoms with E-state index in [1.807, 2.05) is 36.4 Å². The normalized spacial score (nSPS) is 10.4. The first-order valence-electron chi connectivity index (χ1n) is 9.96. The van der Waals surface area contributed by atoms with Crippen LogP contribution in [0, 0.1) is 0 Å². The van der Waals surface area contributed by atoms with Crippen LogP contribution in [-0.4, -0.2) is 39.2 Å². The summed E-state index contributed by atoms with van der Waals surface area (Å²) in [5, 5.41) is 0.672. The SMILES string of the molecule is COc1ccc(CN(C)C(=O)c2ccc(OCc3ccc(Cl)cc3)c(OC)c2)c(OC)c1. The highest BCUT2D eigenvalue weighted by Crippen LogP contribution is 2.30. The van der Waals surface area contributed by atoms with E-state index in [1.165, 1.54) is 0 Å². The summed E-state index contributed by atoms with van der Waals surface area (Å²) in [6.07, 6.45) is 0. The molecular formula is C25H26ClNO5. The summed E-state index contributed by atoms with van der Waals surface area (Å²) in [6.45, 7) is 0.737. The van der Waals surface area contributed by atoms with E-state index in [0.29, 0.717) is 46.7 Å². The lowest BCUT2D eigenvalue weighted by molar-refractivity contribution is 0.0783. The third kappa shape index (κ3) is 5.65. The van der Waals surface area contributed by atoms with Crippen molar-refractivity contribution in [1.82, 2.24) is 4.90 Å². The van der Waals surface area contributed by atoms with Crippen LogP contribution >= 0.6 is 11.6 Å². The fourth-order valence-electron chi connectivity index (χ4n) is 3.19. The van der Waals surface area contributed by atoms with Crippen LogP contribution in [0.15, 0.2) is 60.7 Å². The van der Waals surface area contributed by atoms with Crippen LogP contribution in [-0.2, 0) is 13.2 Å². The summed E-state index contributed by atoms with van der Waals surface area (Å²) in [5.74, 6) is 2.25. The van der Waals surface area contributed by atoms with E-state index in [2.05, 4.69) is 0 Å². The Bertz CT molecular complexity index is 1070. The third-order valence-corrected chi connectivity index (χ3v) is 5.22. The van der Waals surface area contributed by atoms with Crippen LogP contribution in [0.4, 0.5) is 0 Å². The first kappa shape index (κ1) is 23.3. The van der Waals surface area contributed by atoms with Crippen LogP contribution in [0.3, 0.4) is 0 Å². The van der Waals surface area contributed by atoms with Gasteiger partial charge in [-0.25, -0.2) is 0 Å². The molecule has 0 aliphatic carbocycles. The van der Waals surface area contributed by atoms with Gasteiger partial charge in [0.15, 0.2) is 11.5 Å². The molecule has 3 aromatic carbocycles. The molecule has 32 heavy (non-hydrogen) atoms. The van der Waals surface area contributed by atoms with E-state index in [0.717, 1.165) is 11.1 Å². The Hall–Kier alpha value is -3.38. The topological polar surface area (TPSA) is 57.2 Å². The van der Waals surface area contributed by atoms with E-state index in [-0.39, 0.29) is 5.91 Å². The van der Waals surface area contributed by atoms with Crippen molar-refractivity contribution in [2.75, 3.05) is 28.4 Å². The zero-order valence-electron chi connectivity index (χ0n) is 18.6. The fourth-order valence-corrected chi connectivity index (χ4v) is 3.32. The van der Waals surface area contributed by atoms with E-state index >= 15 is 0 Å². The van der Waals surface area contributed by atoms with Gasteiger partial charge in [-0.15, -0.1) is 0 Å². The molecule has 0 atom stereocenters. The van der Waals surface area contributed by atoms with E-state index < -0.39 is 0 Å². The molecule has 0 saturated carbocycles. The van der Waals surface area contributed by atoms with Gasteiger partial charge in [-0.2, -0.15) is 0 Å². The maximum absolute atomic E-state index is 13.0. The molecule has 0 aromatic heterocycles. The Labute approximate surface area is 193 Å². The highest BCUT2D eigenvalue weighted by molar-refractivity contribution is 6.30. The van der Waals surface area contributed by atoms with Crippen LogP contribution in [0.5, 0.6) is 23.0 Å². The van der Waals surface area contributed by atoms with Crippen molar-refractivity contribution in [3.05, 3.63) is 82.4 Å². The van der Waals surface area contributed by atoms with Crippen molar-refractivity contribution < 1.29 is 23.7 Å². The maximum atomic E-state index is 13.0. The van der Waals surface area contributed by atoms with Gasteiger partial charge < -0.3 is 23.8 Å². The third-order valence-electron chi connectivity index (χ3n) is 4.97. The number of hydrogen-bond acceptors (Lipinski definition) is 5. The molecule has 0 N–H and O–H groups in total. The summed E-state index contributed by atoms with van der Waals surface area (Å²) in [5.41, 5.74) is 2.35. The number of amides is 1. The number of halogens is 1. The maximum Gasteiger partial charge on any atom is 0.254 e. The van der Waals surface area contributed by atoms with Gasteiger partial charge in [0.1, 0.15) is 18.1 Å². The van der Waals surface area contributed by atoms with Crippen molar-refractivity contribution in [2.45, 2.75) is 13.2 Å². The molecule has 0 aliphatic heterocycles. The largest absolute Gasteiger partial charge is 0.497 e. The van der Waals surface area contributed by atoms with Gasteiger partial charge in [-0.05, 0) is 48.0 Å². The van der Waals surface area contributed by atoms with Crippen LogP contribution in [0.2, 0.25) is 5.02 Å². The molecule has 0 radical (unpaired) electrons. The van der Waals surface area contributed by atoms with E-state index in [4.69, 9.17) is 30.5 Å². The number of methoxy groups -OCH3 is 3. The quantitative estimate of drug-likeness (QED) is 0.443. The molecule has 0 bridgehead atoms. The molecule has 6 nitrogen and oxygen atoms in total. The molecule has 0 saturated heterocycles. The molecule has 0 spiro atoms. The van der Waals surface area contributed by atoms with Gasteiger partial charge in [0.25, 0.3) is 5.91 Å². The predicted octanol–water partition coefficient (Wildman–Crippen LogP) is 5.22. The molecule has 0 fully saturated rings. The minimum Gasteiger partial charge on any atom is -0.497 e. The second kappa shape index (κ2) is 10.8. The lowest BCUT2D eigenvalue weighted by atomic mass is 10.1. The summed E-state index contributed by atoms with van der Waals surface area (Å²) in [6, 6.07) is 18.1. The number of hydrogen-bond donors (Lipinski definition) is 0. The molecule has 1 amide bonds. The molecule has 3 rings (SSSR count). The standard InChI is InChI=1S/C25H26ClNO5/c1-27(15-19-7-11-21(29-2)14-23(19)30-3)25(28)18-8-12-22(24(13-18)31-4)32-16-17-5-9-20(26)10-6-17/h5-14H,15-16H2,1-4H3. The highest BCUT2D eigenvalue weighted by Gasteiger charge is 2.17. The first-order chi connectivity index (χ1) is 15.4. The Morgan fingerprint density at radius 3 is 2.22 bits per heavy atom. The molecule has 0 heterocycles. The fraction of sp³-hybridized carbons (Fsp3) is 0.240. The lowest BCUT2D eigenvalue weighted by Gasteiger charge is -2.20. The smallest absolute Gasteiger partial charge is 0.254 e. The molecule has 7 heteroatoms. The number of carbonyl (C=O) groups excluding carboxylic acids is 1. The van der Waals surface area contributed by atoms with Crippen molar-refractivity contribution >= 4 is 17.5 Å². The van der Waals surface area contributed by atoms with E-state index in [9.17, 15) is 4.79 Å². The van der Waals surface area contributed by atoms with Crippen molar-refractivity contribution in [2.24, 2.45) is 0 Å². The summed E-state index contributed by atoms with van der Waals surface area (Å²) < 4.78 is 22.0. The van der Waals surface area contributed by atoms with Gasteiger partial charge in [0.2, 0.25) is 0 Å². The molecule has 3 aromatic rings. The lowest BCUT2D eigenvalue weighted by Crippen LogP contribution is -2.26. The molecule has 0 unspecified atom stereocenters. The van der Waals surface area contributed by atoms with Gasteiger partial charge >= 0.3 is 0 Å². The number of rotatable bonds is 9. The van der Waals surface area contributed by atoms with Crippen molar-refractivity contribution in [3.63, 3.8) is 0 Å². The summed E-state index contributed by atoms with van der Waals surface area (Å²) >= 11 is 5.92. The number of carbonyl (C=O) groups is 1. The Kier molecular flexibility index (Phi) is 7.84. The first-order valence-corrected chi connectivity index (χ1v) is 10.3. The molecule has 168 valence electrons. The zero-order valence-corrected chi connectivity index (χ0v) is 19.3. The van der Waals surface area contributed by atoms with E-state index in [1.54, 1.807) is 57.5 Å². The average Bonchev–Trinajstić information content (AvgIpc) is 2.83. The number of nitrogens with zero attached hydrogens (tertiary/aromatic N) is 1. The number of benzene rings is 3. The van der Waals surface area contributed by atoms with Crippen LogP contribution < -0.4 is 18.9 Å². The zero-order chi connectivity index (χ0) is 23.1. The monoisotopic (exact) mass is 455 g/mol. The van der Waals surface area contributed by atoms with Crippen molar-refractivity contribution in [3.8, 4) is 23.0 Å². The minimum absolute atomic E-state index is 0.148. The second-order valence-corrected chi connectivity index (χ2v) is 7.56. The van der Waals surface area contributed by atoms with Crippen molar-refractivity contribution in [1.29, 1.82) is 0 Å². The Morgan fingerprint density at radius 2 is 1.56 bits per heavy atom. The Balaban J connectivity index is 1.71. The van der Waals surface area contributed by atoms with Gasteiger partial charge in [0.05, 0.1) is 21.3 Å². The van der Waals surface area contributed by atoms with Gasteiger partial charge in [-0.3, -0.25) is 4.79 Å². The number of ether oxygens (including phenoxy) is 4. The molecule has 0 aliphatic rings. The van der Waals surface area contributed by atoms with Crippen LogP contribution in [0.1, 0.15) is 21.5 Å². The summed E-state index contributed by atoms with van der Waals surface area (Å²) in [4.78, 5) is 14.6. The second-order valence-electron chi connectivity index (χ2n) is 7.12. The average molecular weight is 456 g/mol. The van der Waals surface area contributed by atoms with Gasteiger partial charge in [-0.1, -0.05) is 23.7 Å². The Morgan fingerprint density at radius 1 is 0.844 bits per heavy atom. The van der Waals surface area contributed by atoms with Gasteiger partial charge in [0, 0.05) is 35.8 Å². The summed E-state index contributed by atoms with van der Waals surface area (Å²) in [7, 11) is 6.47. The van der Waals surface area contributed by atoms with Crippen LogP contribution in [0.25, 0.3) is 0 Å².